The van der Waals surface area contributed by atoms with Gasteiger partial charge in [-0.2, -0.15) is 0 Å². The Bertz CT molecular complexity index is 655. The van der Waals surface area contributed by atoms with Gasteiger partial charge in [-0.15, -0.1) is 0 Å². The first-order valence-corrected chi connectivity index (χ1v) is 9.99. The number of aryl methyl sites for hydroxylation is 2. The number of carbonyl (C=O) groups excluding carboxylic acids is 1. The third-order valence-electron chi connectivity index (χ3n) is 6.28. The lowest BCUT2D eigenvalue weighted by Crippen LogP contribution is -2.57. The van der Waals surface area contributed by atoms with Gasteiger partial charge in [0.2, 0.25) is 5.91 Å². The highest BCUT2D eigenvalue weighted by molar-refractivity contribution is 5.92. The molecular weight excluding hydrogens is 328 g/mol. The zero-order valence-electron chi connectivity index (χ0n) is 15.8. The number of hydrogen-bond acceptors (Lipinski definition) is 4. The second kappa shape index (κ2) is 7.67. The number of anilines is 1. The molecule has 0 radical (unpaired) electrons. The molecule has 0 bridgehead atoms. The van der Waals surface area contributed by atoms with E-state index in [1.165, 1.54) is 30.4 Å². The smallest absolute Gasteiger partial charge is 0.238 e. The van der Waals surface area contributed by atoms with E-state index in [0.717, 1.165) is 51.1 Å². The summed E-state index contributed by atoms with van der Waals surface area (Å²) in [5.74, 6) is 0.0545. The van der Waals surface area contributed by atoms with Gasteiger partial charge in [0.05, 0.1) is 18.2 Å². The van der Waals surface area contributed by atoms with E-state index in [9.17, 15) is 4.79 Å². The molecular formula is C21H30N2O3. The van der Waals surface area contributed by atoms with Crippen LogP contribution in [0.4, 0.5) is 5.69 Å². The number of ether oxygens (including phenoxy) is 2. The molecule has 26 heavy (non-hydrogen) atoms. The first kappa shape index (κ1) is 18.0. The minimum atomic E-state index is -0.125. The second-order valence-electron chi connectivity index (χ2n) is 7.97. The van der Waals surface area contributed by atoms with Crippen LogP contribution in [0.15, 0.2) is 18.2 Å². The summed E-state index contributed by atoms with van der Waals surface area (Å²) in [7, 11) is 1.75. The van der Waals surface area contributed by atoms with Crippen LogP contribution in [0.2, 0.25) is 0 Å². The number of nitrogens with one attached hydrogen (secondary N) is 1. The molecule has 2 aliphatic heterocycles. The van der Waals surface area contributed by atoms with Gasteiger partial charge in [-0.1, -0.05) is 6.07 Å². The maximum atomic E-state index is 12.5. The largest absolute Gasteiger partial charge is 0.377 e. The number of likely N-dealkylation sites (tertiary alicyclic amines) is 1. The lowest BCUT2D eigenvalue weighted by atomic mass is 9.86. The van der Waals surface area contributed by atoms with Crippen molar-refractivity contribution in [3.63, 3.8) is 0 Å². The van der Waals surface area contributed by atoms with E-state index in [2.05, 4.69) is 22.3 Å². The normalized spacial score (nSPS) is 28.9. The number of amides is 1. The molecule has 3 aliphatic rings. The van der Waals surface area contributed by atoms with Gasteiger partial charge < -0.3 is 14.8 Å². The average molecular weight is 358 g/mol. The number of carbonyl (C=O) groups is 1. The number of methoxy groups -OCH3 is 1. The van der Waals surface area contributed by atoms with Gasteiger partial charge in [-0.25, -0.2) is 0 Å². The van der Waals surface area contributed by atoms with Crippen molar-refractivity contribution in [2.75, 3.05) is 38.7 Å². The molecule has 2 atom stereocenters. The summed E-state index contributed by atoms with van der Waals surface area (Å²) in [6, 6.07) is 6.37. The molecule has 2 fully saturated rings. The molecule has 1 spiro atoms. The minimum Gasteiger partial charge on any atom is -0.377 e. The van der Waals surface area contributed by atoms with Gasteiger partial charge in [0.1, 0.15) is 0 Å². The van der Waals surface area contributed by atoms with Crippen LogP contribution in [0.1, 0.15) is 43.2 Å². The molecule has 1 aromatic rings. The van der Waals surface area contributed by atoms with Crippen molar-refractivity contribution in [3.8, 4) is 0 Å². The van der Waals surface area contributed by atoms with Gasteiger partial charge in [0, 0.05) is 32.5 Å². The number of nitrogens with zero attached hydrogens (tertiary/aromatic N) is 1. The standard InChI is InChI=1S/C21H30N2O3/c1-25-19-14-23(11-10-21(19)9-4-12-26-21)15-20(24)22-18-8-7-16-5-2-3-6-17(16)13-18/h7-8,13,19H,2-6,9-12,14-15H2,1H3,(H,22,24)/t19-,21-/m1/s1. The fourth-order valence-corrected chi connectivity index (χ4v) is 4.82. The van der Waals surface area contributed by atoms with Gasteiger partial charge in [-0.3, -0.25) is 9.69 Å². The third-order valence-corrected chi connectivity index (χ3v) is 6.28. The average Bonchev–Trinajstić information content (AvgIpc) is 3.12. The number of benzene rings is 1. The molecule has 1 aliphatic carbocycles. The van der Waals surface area contributed by atoms with Crippen molar-refractivity contribution in [3.05, 3.63) is 29.3 Å². The summed E-state index contributed by atoms with van der Waals surface area (Å²) in [6.45, 7) is 2.89. The Balaban J connectivity index is 1.34. The number of piperidine rings is 1. The van der Waals surface area contributed by atoms with Crippen LogP contribution >= 0.6 is 0 Å². The van der Waals surface area contributed by atoms with E-state index in [1.807, 2.05) is 6.07 Å². The fourth-order valence-electron chi connectivity index (χ4n) is 4.82. The van der Waals surface area contributed by atoms with E-state index in [4.69, 9.17) is 9.47 Å². The van der Waals surface area contributed by atoms with Crippen molar-refractivity contribution in [1.29, 1.82) is 0 Å². The van der Waals surface area contributed by atoms with E-state index < -0.39 is 0 Å². The molecule has 2 saturated heterocycles. The maximum absolute atomic E-state index is 12.5. The fraction of sp³-hybridized carbons (Fsp3) is 0.667. The summed E-state index contributed by atoms with van der Waals surface area (Å²) in [5.41, 5.74) is 3.63. The first-order chi connectivity index (χ1) is 12.7. The van der Waals surface area contributed by atoms with Crippen molar-refractivity contribution < 1.29 is 14.3 Å². The van der Waals surface area contributed by atoms with Gasteiger partial charge in [-0.05, 0) is 68.2 Å². The number of fused-ring (bicyclic) bond motifs is 1. The van der Waals surface area contributed by atoms with Crippen molar-refractivity contribution in [2.24, 2.45) is 0 Å². The van der Waals surface area contributed by atoms with Gasteiger partial charge >= 0.3 is 0 Å². The van der Waals surface area contributed by atoms with Crippen molar-refractivity contribution in [2.45, 2.75) is 56.7 Å². The summed E-state index contributed by atoms with van der Waals surface area (Å²) >= 11 is 0. The summed E-state index contributed by atoms with van der Waals surface area (Å²) < 4.78 is 11.8. The highest BCUT2D eigenvalue weighted by Gasteiger charge is 2.46. The lowest BCUT2D eigenvalue weighted by Gasteiger charge is -2.44. The molecule has 2 heterocycles. The Morgan fingerprint density at radius 3 is 2.88 bits per heavy atom. The highest BCUT2D eigenvalue weighted by Crippen LogP contribution is 2.37. The molecule has 142 valence electrons. The summed E-state index contributed by atoms with van der Waals surface area (Å²) in [5, 5.41) is 3.08. The van der Waals surface area contributed by atoms with Crippen LogP contribution in [0.3, 0.4) is 0 Å². The Morgan fingerprint density at radius 2 is 2.12 bits per heavy atom. The predicted molar refractivity (Wildman–Crippen MR) is 101 cm³/mol. The van der Waals surface area contributed by atoms with Crippen LogP contribution in [0.5, 0.6) is 0 Å². The quantitative estimate of drug-likeness (QED) is 0.899. The zero-order chi connectivity index (χ0) is 18.0. The third kappa shape index (κ3) is 3.66. The zero-order valence-corrected chi connectivity index (χ0v) is 15.8. The Labute approximate surface area is 156 Å². The summed E-state index contributed by atoms with van der Waals surface area (Å²) in [4.78, 5) is 14.7. The molecule has 0 unspecified atom stereocenters. The SMILES string of the molecule is CO[C@@H]1CN(CC(=O)Nc2ccc3c(c2)CCCC3)CC[C@]12CCCO2. The van der Waals surface area contributed by atoms with E-state index in [-0.39, 0.29) is 17.6 Å². The van der Waals surface area contributed by atoms with Crippen LogP contribution in [-0.4, -0.2) is 55.9 Å². The molecule has 1 aromatic carbocycles. The topological polar surface area (TPSA) is 50.8 Å². The summed E-state index contributed by atoms with van der Waals surface area (Å²) in [6.07, 6.45) is 7.99. The van der Waals surface area contributed by atoms with Crippen LogP contribution < -0.4 is 5.32 Å². The van der Waals surface area contributed by atoms with Crippen LogP contribution in [0.25, 0.3) is 0 Å². The maximum Gasteiger partial charge on any atom is 0.238 e. The molecule has 1 N–H and O–H groups in total. The van der Waals surface area contributed by atoms with Crippen molar-refractivity contribution >= 4 is 11.6 Å². The molecule has 0 saturated carbocycles. The van der Waals surface area contributed by atoms with Crippen molar-refractivity contribution in [1.82, 2.24) is 4.90 Å². The van der Waals surface area contributed by atoms with Crippen LogP contribution in [-0.2, 0) is 27.1 Å². The molecule has 5 nitrogen and oxygen atoms in total. The Kier molecular flexibility index (Phi) is 5.30. The molecule has 1 amide bonds. The van der Waals surface area contributed by atoms with Gasteiger partial charge in [0.15, 0.2) is 0 Å². The first-order valence-electron chi connectivity index (χ1n) is 9.99. The van der Waals surface area contributed by atoms with Crippen LogP contribution in [0, 0.1) is 0 Å². The van der Waals surface area contributed by atoms with Gasteiger partial charge in [0.25, 0.3) is 0 Å². The molecule has 5 heteroatoms. The van der Waals surface area contributed by atoms with E-state index >= 15 is 0 Å². The molecule has 4 rings (SSSR count). The number of hydrogen-bond donors (Lipinski definition) is 1. The Morgan fingerprint density at radius 1 is 1.27 bits per heavy atom. The second-order valence-corrected chi connectivity index (χ2v) is 7.97. The van der Waals surface area contributed by atoms with E-state index in [0.29, 0.717) is 6.54 Å². The molecule has 0 aromatic heterocycles. The minimum absolute atomic E-state index is 0.0512. The monoisotopic (exact) mass is 358 g/mol. The lowest BCUT2D eigenvalue weighted by molar-refractivity contribution is -0.145. The predicted octanol–water partition coefficient (Wildman–Crippen LogP) is 2.77. The number of rotatable bonds is 4. The van der Waals surface area contributed by atoms with E-state index in [1.54, 1.807) is 7.11 Å². The Hall–Kier alpha value is -1.43. The highest BCUT2D eigenvalue weighted by atomic mass is 16.5.